The molecule has 0 radical (unpaired) electrons. The third-order valence-electron chi connectivity index (χ3n) is 4.58. The van der Waals surface area contributed by atoms with Crippen molar-refractivity contribution in [1.82, 2.24) is 4.90 Å². The second-order valence-electron chi connectivity index (χ2n) is 6.53. The first-order valence-corrected chi connectivity index (χ1v) is 9.52. The molecule has 28 heavy (non-hydrogen) atoms. The molecule has 0 bridgehead atoms. The van der Waals surface area contributed by atoms with E-state index < -0.39 is 18.1 Å². The molecule has 0 aliphatic carbocycles. The van der Waals surface area contributed by atoms with Crippen molar-refractivity contribution in [3.63, 3.8) is 0 Å². The average molecular weight is 397 g/mol. The van der Waals surface area contributed by atoms with E-state index in [1.807, 2.05) is 36.4 Å². The van der Waals surface area contributed by atoms with Gasteiger partial charge in [-0.25, -0.2) is 0 Å². The normalized spacial score (nSPS) is 18.4. The zero-order valence-corrected chi connectivity index (χ0v) is 16.3. The van der Waals surface area contributed by atoms with Gasteiger partial charge in [0.1, 0.15) is 12.7 Å². The highest BCUT2D eigenvalue weighted by Crippen LogP contribution is 2.25. The molecule has 3 rings (SSSR count). The Morgan fingerprint density at radius 3 is 2.54 bits per heavy atom. The van der Waals surface area contributed by atoms with Crippen molar-refractivity contribution in [3.05, 3.63) is 84.4 Å². The lowest BCUT2D eigenvalue weighted by atomic mass is 10.0. The number of thiocarbonyl (C=S) groups is 1. The van der Waals surface area contributed by atoms with Crippen LogP contribution in [0.15, 0.2) is 73.3 Å². The van der Waals surface area contributed by atoms with E-state index in [2.05, 4.69) is 6.58 Å². The summed E-state index contributed by atoms with van der Waals surface area (Å²) in [7, 11) is 0. The molecule has 1 heterocycles. The smallest absolute Gasteiger partial charge is 0.266 e. The number of carbonyl (C=O) groups excluding carboxylic acids is 1. The van der Waals surface area contributed by atoms with Crippen molar-refractivity contribution < 1.29 is 19.4 Å². The van der Waals surface area contributed by atoms with Gasteiger partial charge >= 0.3 is 0 Å². The Morgan fingerprint density at radius 2 is 1.89 bits per heavy atom. The van der Waals surface area contributed by atoms with Gasteiger partial charge < -0.3 is 14.6 Å². The molecule has 5 nitrogen and oxygen atoms in total. The van der Waals surface area contributed by atoms with Gasteiger partial charge in [-0.05, 0) is 29.8 Å². The first kappa shape index (κ1) is 20.2. The van der Waals surface area contributed by atoms with E-state index in [1.54, 1.807) is 24.3 Å². The van der Waals surface area contributed by atoms with Crippen molar-refractivity contribution >= 4 is 23.3 Å². The summed E-state index contributed by atoms with van der Waals surface area (Å²) >= 11 is 5.27. The molecule has 2 aromatic carbocycles. The highest BCUT2D eigenvalue weighted by atomic mass is 32.1. The minimum absolute atomic E-state index is 0.110. The van der Waals surface area contributed by atoms with Gasteiger partial charge in [0, 0.05) is 0 Å². The van der Waals surface area contributed by atoms with Crippen LogP contribution >= 0.6 is 12.2 Å². The number of aliphatic hydroxyl groups is 1. The lowest BCUT2D eigenvalue weighted by Gasteiger charge is -2.29. The van der Waals surface area contributed by atoms with E-state index in [9.17, 15) is 9.90 Å². The monoisotopic (exact) mass is 397 g/mol. The van der Waals surface area contributed by atoms with E-state index in [4.69, 9.17) is 21.7 Å². The molecule has 1 aliphatic rings. The Labute approximate surface area is 170 Å². The SMILES string of the molecule is C=CCO[C@@H](C(=O)N1C(=S)OC[C@@H]1Cc1ccccc1)[C@H](O)c1ccccc1. The summed E-state index contributed by atoms with van der Waals surface area (Å²) in [6, 6.07) is 18.5. The molecule has 6 heteroatoms. The van der Waals surface area contributed by atoms with E-state index in [-0.39, 0.29) is 17.8 Å². The molecule has 2 aromatic rings. The summed E-state index contributed by atoms with van der Waals surface area (Å²) in [5.74, 6) is -0.415. The van der Waals surface area contributed by atoms with Crippen LogP contribution in [0.2, 0.25) is 0 Å². The number of hydrogen-bond donors (Lipinski definition) is 1. The van der Waals surface area contributed by atoms with Crippen LogP contribution in [0.25, 0.3) is 0 Å². The van der Waals surface area contributed by atoms with Crippen molar-refractivity contribution in [1.29, 1.82) is 0 Å². The predicted molar refractivity (Wildman–Crippen MR) is 111 cm³/mol. The van der Waals surface area contributed by atoms with Gasteiger partial charge in [-0.1, -0.05) is 66.7 Å². The largest absolute Gasteiger partial charge is 0.468 e. The highest BCUT2D eigenvalue weighted by molar-refractivity contribution is 7.80. The standard InChI is InChI=1S/C22H23NO4S/c1-2-13-26-20(19(24)17-11-7-4-8-12-17)21(25)23-18(15-27-22(23)28)14-16-9-5-3-6-10-16/h2-12,18-20,24H,1,13-15H2/t18-,19+,20+/m0/s1. The van der Waals surface area contributed by atoms with Crippen LogP contribution < -0.4 is 0 Å². The van der Waals surface area contributed by atoms with Crippen LogP contribution in [-0.2, 0) is 20.7 Å². The maximum atomic E-state index is 13.3. The van der Waals surface area contributed by atoms with Gasteiger partial charge in [0.2, 0.25) is 0 Å². The van der Waals surface area contributed by atoms with Crippen molar-refractivity contribution in [3.8, 4) is 0 Å². The third kappa shape index (κ3) is 4.65. The maximum absolute atomic E-state index is 13.3. The topological polar surface area (TPSA) is 59.0 Å². The van der Waals surface area contributed by atoms with Crippen LogP contribution in [0.3, 0.4) is 0 Å². The lowest BCUT2D eigenvalue weighted by Crippen LogP contribution is -2.48. The van der Waals surface area contributed by atoms with Crippen LogP contribution in [-0.4, -0.2) is 46.4 Å². The van der Waals surface area contributed by atoms with Crippen LogP contribution in [0.4, 0.5) is 0 Å². The summed E-state index contributed by atoms with van der Waals surface area (Å²) in [5.41, 5.74) is 1.67. The molecule has 0 aromatic heterocycles. The Hall–Kier alpha value is -2.54. The van der Waals surface area contributed by atoms with Crippen molar-refractivity contribution in [2.75, 3.05) is 13.2 Å². The minimum atomic E-state index is -1.13. The van der Waals surface area contributed by atoms with E-state index in [0.29, 0.717) is 18.6 Å². The quantitative estimate of drug-likeness (QED) is 0.548. The molecular weight excluding hydrogens is 374 g/mol. The van der Waals surface area contributed by atoms with Crippen molar-refractivity contribution in [2.45, 2.75) is 24.7 Å². The fourth-order valence-electron chi connectivity index (χ4n) is 3.20. The van der Waals surface area contributed by atoms with E-state index >= 15 is 0 Å². The molecule has 1 amide bonds. The predicted octanol–water partition coefficient (Wildman–Crippen LogP) is 3.05. The third-order valence-corrected chi connectivity index (χ3v) is 4.89. The van der Waals surface area contributed by atoms with Gasteiger partial charge in [-0.15, -0.1) is 6.58 Å². The number of aliphatic hydroxyl groups excluding tert-OH is 1. The number of ether oxygens (including phenoxy) is 2. The molecule has 1 N–H and O–H groups in total. The number of benzene rings is 2. The number of rotatable bonds is 8. The molecule has 0 unspecified atom stereocenters. The minimum Gasteiger partial charge on any atom is -0.468 e. The number of hydrogen-bond acceptors (Lipinski definition) is 5. The Morgan fingerprint density at radius 1 is 1.25 bits per heavy atom. The maximum Gasteiger partial charge on any atom is 0.266 e. The molecule has 0 spiro atoms. The average Bonchev–Trinajstić information content (AvgIpc) is 3.09. The van der Waals surface area contributed by atoms with Gasteiger partial charge in [0.15, 0.2) is 6.10 Å². The van der Waals surface area contributed by atoms with Crippen LogP contribution in [0, 0.1) is 0 Å². The van der Waals surface area contributed by atoms with Crippen LogP contribution in [0.5, 0.6) is 0 Å². The molecule has 146 valence electrons. The number of nitrogens with zero attached hydrogens (tertiary/aromatic N) is 1. The second-order valence-corrected chi connectivity index (χ2v) is 6.88. The zero-order chi connectivity index (χ0) is 19.9. The Balaban J connectivity index is 1.83. The van der Waals surface area contributed by atoms with E-state index in [0.717, 1.165) is 5.56 Å². The Bertz CT molecular complexity index is 812. The summed E-state index contributed by atoms with van der Waals surface area (Å²) in [5, 5.41) is 10.9. The van der Waals surface area contributed by atoms with Gasteiger partial charge in [-0.2, -0.15) is 0 Å². The first-order chi connectivity index (χ1) is 13.6. The number of carbonyl (C=O) groups is 1. The summed E-state index contributed by atoms with van der Waals surface area (Å²) in [6.07, 6.45) is -0.103. The molecule has 3 atom stereocenters. The summed E-state index contributed by atoms with van der Waals surface area (Å²) < 4.78 is 11.1. The molecule has 1 fully saturated rings. The molecule has 0 saturated carbocycles. The van der Waals surface area contributed by atoms with Gasteiger partial charge in [-0.3, -0.25) is 9.69 Å². The highest BCUT2D eigenvalue weighted by Gasteiger charge is 2.41. The number of amides is 1. The van der Waals surface area contributed by atoms with E-state index in [1.165, 1.54) is 11.0 Å². The molecular formula is C22H23NO4S. The molecule has 1 aliphatic heterocycles. The zero-order valence-electron chi connectivity index (χ0n) is 15.4. The lowest BCUT2D eigenvalue weighted by molar-refractivity contribution is -0.147. The fraction of sp³-hybridized carbons (Fsp3) is 0.273. The second kappa shape index (κ2) is 9.59. The summed E-state index contributed by atoms with van der Waals surface area (Å²) in [4.78, 5) is 14.7. The first-order valence-electron chi connectivity index (χ1n) is 9.11. The van der Waals surface area contributed by atoms with Crippen LogP contribution in [0.1, 0.15) is 17.2 Å². The van der Waals surface area contributed by atoms with Gasteiger partial charge in [0.25, 0.3) is 11.1 Å². The summed E-state index contributed by atoms with van der Waals surface area (Å²) in [6.45, 7) is 4.07. The Kier molecular flexibility index (Phi) is 6.92. The molecule has 1 saturated heterocycles. The van der Waals surface area contributed by atoms with Crippen molar-refractivity contribution in [2.24, 2.45) is 0 Å². The van der Waals surface area contributed by atoms with Gasteiger partial charge in [0.05, 0.1) is 12.6 Å². The fourth-order valence-corrected chi connectivity index (χ4v) is 3.51.